The molecule has 0 saturated carbocycles. The van der Waals surface area contributed by atoms with Gasteiger partial charge in [0, 0.05) is 18.7 Å². The molecule has 0 bridgehead atoms. The summed E-state index contributed by atoms with van der Waals surface area (Å²) >= 11 is 8.85. The van der Waals surface area contributed by atoms with E-state index >= 15 is 0 Å². The minimum atomic E-state index is -4.76. The van der Waals surface area contributed by atoms with E-state index in [-0.39, 0.29) is 27.9 Å². The topological polar surface area (TPSA) is 29.5 Å². The van der Waals surface area contributed by atoms with Gasteiger partial charge in [-0.25, -0.2) is 0 Å². The Hall–Kier alpha value is -0.950. The van der Waals surface area contributed by atoms with Gasteiger partial charge in [0.15, 0.2) is 0 Å². The molecule has 2 rings (SSSR count). The average molecular weight is 359 g/mol. The molecule has 1 unspecified atom stereocenters. The summed E-state index contributed by atoms with van der Waals surface area (Å²) in [7, 11) is 0. The van der Waals surface area contributed by atoms with Gasteiger partial charge in [-0.15, -0.1) is 24.8 Å². The van der Waals surface area contributed by atoms with Crippen LogP contribution in [0.2, 0.25) is 0 Å². The van der Waals surface area contributed by atoms with Crippen molar-refractivity contribution in [2.24, 2.45) is 0 Å². The van der Waals surface area contributed by atoms with Gasteiger partial charge in [0.05, 0.1) is 9.85 Å². The minimum absolute atomic E-state index is 0.119. The number of rotatable bonds is 2. The number of hydrogen-bond donors (Lipinski definition) is 0. The van der Waals surface area contributed by atoms with Crippen LogP contribution in [0.3, 0.4) is 0 Å². The third-order valence-corrected chi connectivity index (χ3v) is 3.44. The Balaban J connectivity index is 2.22. The Labute approximate surface area is 120 Å². The number of carbonyl (C=O) groups is 1. The molecule has 1 fully saturated rings. The number of alkyl halides is 4. The van der Waals surface area contributed by atoms with Crippen molar-refractivity contribution in [3.63, 3.8) is 0 Å². The van der Waals surface area contributed by atoms with Gasteiger partial charge in [-0.3, -0.25) is 4.79 Å². The fourth-order valence-electron chi connectivity index (χ4n) is 1.78. The molecule has 0 aromatic heterocycles. The fourth-order valence-corrected chi connectivity index (χ4v) is 2.50. The molecular weight excluding hydrogens is 350 g/mol. The Bertz CT molecular complexity index is 509. The first-order chi connectivity index (χ1) is 8.76. The predicted molar refractivity (Wildman–Crippen MR) is 67.4 cm³/mol. The number of hydrogen-bond acceptors (Lipinski definition) is 2. The quantitative estimate of drug-likeness (QED) is 0.755. The van der Waals surface area contributed by atoms with Gasteiger partial charge in [-0.2, -0.15) is 0 Å². The van der Waals surface area contributed by atoms with Crippen LogP contribution < -0.4 is 9.64 Å². The van der Waals surface area contributed by atoms with E-state index < -0.39 is 6.36 Å². The minimum Gasteiger partial charge on any atom is -0.405 e. The highest BCUT2D eigenvalue weighted by Crippen LogP contribution is 2.35. The second-order valence-electron chi connectivity index (χ2n) is 3.97. The monoisotopic (exact) mass is 357 g/mol. The van der Waals surface area contributed by atoms with E-state index in [9.17, 15) is 18.0 Å². The van der Waals surface area contributed by atoms with Crippen molar-refractivity contribution in [2.45, 2.75) is 18.2 Å². The van der Waals surface area contributed by atoms with Gasteiger partial charge < -0.3 is 9.64 Å². The van der Waals surface area contributed by atoms with E-state index in [1.165, 1.54) is 17.0 Å². The maximum Gasteiger partial charge on any atom is 0.573 e. The first-order valence-corrected chi connectivity index (χ1v) is 6.49. The number of nitrogens with zero attached hydrogens (tertiary/aromatic N) is 1. The Kier molecular flexibility index (Phi) is 3.96. The van der Waals surface area contributed by atoms with Crippen LogP contribution in [0.4, 0.5) is 18.9 Å². The predicted octanol–water partition coefficient (Wildman–Crippen LogP) is 3.69. The van der Waals surface area contributed by atoms with Gasteiger partial charge in [0.1, 0.15) is 5.75 Å². The second-order valence-corrected chi connectivity index (χ2v) is 5.44. The van der Waals surface area contributed by atoms with Gasteiger partial charge in [-0.1, -0.05) is 0 Å². The Morgan fingerprint density at radius 2 is 2.11 bits per heavy atom. The zero-order valence-electron chi connectivity index (χ0n) is 9.38. The molecular formula is C11H8BrClF3NO2. The molecule has 1 aliphatic rings. The molecule has 1 saturated heterocycles. The molecule has 1 atom stereocenters. The van der Waals surface area contributed by atoms with Gasteiger partial charge >= 0.3 is 6.36 Å². The molecule has 1 heterocycles. The third-order valence-electron chi connectivity index (χ3n) is 2.53. The maximum atomic E-state index is 12.1. The molecule has 0 N–H and O–H groups in total. The van der Waals surface area contributed by atoms with E-state index in [1.54, 1.807) is 0 Å². The van der Waals surface area contributed by atoms with Gasteiger partial charge in [0.2, 0.25) is 5.91 Å². The van der Waals surface area contributed by atoms with Crippen LogP contribution in [0.25, 0.3) is 0 Å². The summed E-state index contributed by atoms with van der Waals surface area (Å²) in [5.41, 5.74) is 0.481. The maximum absolute atomic E-state index is 12.1. The van der Waals surface area contributed by atoms with Gasteiger partial charge in [-0.05, 0) is 34.1 Å². The number of amides is 1. The summed E-state index contributed by atoms with van der Waals surface area (Å²) in [5.74, 6) is -0.512. The smallest absolute Gasteiger partial charge is 0.405 e. The van der Waals surface area contributed by atoms with E-state index in [0.717, 1.165) is 6.07 Å². The van der Waals surface area contributed by atoms with Crippen molar-refractivity contribution in [1.29, 1.82) is 0 Å². The number of benzene rings is 1. The van der Waals surface area contributed by atoms with Crippen LogP contribution in [0.1, 0.15) is 6.42 Å². The lowest BCUT2D eigenvalue weighted by molar-refractivity contribution is -0.274. The lowest BCUT2D eigenvalue weighted by Crippen LogP contribution is -2.24. The molecule has 1 aromatic rings. The van der Waals surface area contributed by atoms with E-state index in [0.29, 0.717) is 12.2 Å². The van der Waals surface area contributed by atoms with Crippen molar-refractivity contribution in [3.8, 4) is 5.75 Å². The normalized spacial score (nSPS) is 19.9. The highest BCUT2D eigenvalue weighted by atomic mass is 79.9. The zero-order chi connectivity index (χ0) is 14.2. The van der Waals surface area contributed by atoms with Crippen molar-refractivity contribution in [1.82, 2.24) is 0 Å². The van der Waals surface area contributed by atoms with Crippen LogP contribution in [0.15, 0.2) is 22.7 Å². The molecule has 8 heteroatoms. The first-order valence-electron chi connectivity index (χ1n) is 5.26. The SMILES string of the molecule is O=C1CC(Cl)CN1c1ccc(OC(F)(F)F)c(Br)c1. The average Bonchev–Trinajstić information content (AvgIpc) is 2.59. The zero-order valence-corrected chi connectivity index (χ0v) is 11.7. The van der Waals surface area contributed by atoms with Crippen LogP contribution >= 0.6 is 27.5 Å². The van der Waals surface area contributed by atoms with Crippen LogP contribution in [-0.2, 0) is 4.79 Å². The molecule has 1 aromatic carbocycles. The highest BCUT2D eigenvalue weighted by molar-refractivity contribution is 9.10. The van der Waals surface area contributed by atoms with E-state index in [4.69, 9.17) is 11.6 Å². The van der Waals surface area contributed by atoms with Crippen molar-refractivity contribution in [3.05, 3.63) is 22.7 Å². The van der Waals surface area contributed by atoms with Gasteiger partial charge in [0.25, 0.3) is 0 Å². The summed E-state index contributed by atoms with van der Waals surface area (Å²) in [6, 6.07) is 3.94. The standard InChI is InChI=1S/C11H8BrClF3NO2/c12-8-4-7(17-5-6(13)3-10(17)18)1-2-9(8)19-11(14,15)16/h1-2,4,6H,3,5H2. The van der Waals surface area contributed by atoms with Crippen molar-refractivity contribution >= 4 is 39.1 Å². The lowest BCUT2D eigenvalue weighted by atomic mass is 10.3. The van der Waals surface area contributed by atoms with Crippen molar-refractivity contribution in [2.75, 3.05) is 11.4 Å². The molecule has 1 amide bonds. The summed E-state index contributed by atoms with van der Waals surface area (Å²) < 4.78 is 40.3. The van der Waals surface area contributed by atoms with Crippen LogP contribution in [0.5, 0.6) is 5.75 Å². The fraction of sp³-hybridized carbons (Fsp3) is 0.364. The third kappa shape index (κ3) is 3.54. The highest BCUT2D eigenvalue weighted by Gasteiger charge is 2.33. The lowest BCUT2D eigenvalue weighted by Gasteiger charge is -2.17. The molecule has 0 aliphatic carbocycles. The Morgan fingerprint density at radius 1 is 1.42 bits per heavy atom. The van der Waals surface area contributed by atoms with Crippen molar-refractivity contribution < 1.29 is 22.7 Å². The number of halogens is 5. The molecule has 0 radical (unpaired) electrons. The number of carbonyl (C=O) groups excluding carboxylic acids is 1. The molecule has 3 nitrogen and oxygen atoms in total. The summed E-state index contributed by atoms with van der Waals surface area (Å²) in [6.45, 7) is 0.340. The molecule has 0 spiro atoms. The summed E-state index contributed by atoms with van der Waals surface area (Å²) in [4.78, 5) is 13.1. The molecule has 104 valence electrons. The van der Waals surface area contributed by atoms with E-state index in [1.807, 2.05) is 0 Å². The van der Waals surface area contributed by atoms with E-state index in [2.05, 4.69) is 20.7 Å². The molecule has 1 aliphatic heterocycles. The summed E-state index contributed by atoms with van der Waals surface area (Å²) in [6.07, 6.45) is -4.53. The first kappa shape index (κ1) is 14.5. The number of ether oxygens (including phenoxy) is 1. The number of anilines is 1. The Morgan fingerprint density at radius 3 is 2.58 bits per heavy atom. The summed E-state index contributed by atoms with van der Waals surface area (Å²) in [5, 5.41) is -0.280. The molecule has 19 heavy (non-hydrogen) atoms. The largest absolute Gasteiger partial charge is 0.573 e. The van der Waals surface area contributed by atoms with Crippen LogP contribution in [-0.4, -0.2) is 24.2 Å². The van der Waals surface area contributed by atoms with Crippen LogP contribution in [0, 0.1) is 0 Å². The second kappa shape index (κ2) is 5.20.